The van der Waals surface area contributed by atoms with Crippen molar-refractivity contribution in [2.45, 2.75) is 0 Å². The summed E-state index contributed by atoms with van der Waals surface area (Å²) in [7, 11) is 0. The zero-order valence-electron chi connectivity index (χ0n) is 12.0. The van der Waals surface area contributed by atoms with Crippen molar-refractivity contribution in [3.8, 4) is 0 Å². The van der Waals surface area contributed by atoms with Gasteiger partial charge in [-0.25, -0.2) is 15.5 Å². The minimum Gasteiger partial charge on any atom is -0.275 e. The number of nitrogens with zero attached hydrogens (tertiary/aromatic N) is 2. The molecule has 23 heavy (non-hydrogen) atoms. The minimum atomic E-state index is -0.692. The number of amides is 3. The predicted molar refractivity (Wildman–Crippen MR) is 91.3 cm³/mol. The highest BCUT2D eigenvalue weighted by Crippen LogP contribution is 2.29. The van der Waals surface area contributed by atoms with E-state index in [4.69, 9.17) is 5.84 Å². The molecule has 0 spiro atoms. The fourth-order valence-corrected chi connectivity index (χ4v) is 2.82. The molecule has 0 atom stereocenters. The van der Waals surface area contributed by atoms with Crippen LogP contribution in [-0.4, -0.2) is 24.2 Å². The van der Waals surface area contributed by atoms with Gasteiger partial charge >= 0.3 is 6.03 Å². The first-order valence-corrected chi connectivity index (χ1v) is 7.64. The molecule has 0 fully saturated rings. The average Bonchev–Trinajstić information content (AvgIpc) is 2.71. The number of rotatable bonds is 1. The number of urea groups is 1. The Labute approximate surface area is 141 Å². The molecule has 0 bridgehead atoms. The number of carbonyl (C=O) groups is 2. The Morgan fingerprint density at radius 1 is 1.22 bits per heavy atom. The summed E-state index contributed by atoms with van der Waals surface area (Å²) in [5.41, 5.74) is 4.66. The Balaban J connectivity index is 2.22. The Bertz CT molecular complexity index is 805. The molecule has 6 nitrogen and oxygen atoms in total. The Morgan fingerprint density at radius 2 is 1.96 bits per heavy atom. The monoisotopic (exact) mass is 372 g/mol. The van der Waals surface area contributed by atoms with Crippen LogP contribution in [0.1, 0.15) is 11.1 Å². The molecule has 0 radical (unpaired) electrons. The Kier molecular flexibility index (Phi) is 4.22. The molecule has 1 heterocycles. The lowest BCUT2D eigenvalue weighted by Gasteiger charge is -2.20. The van der Waals surface area contributed by atoms with Gasteiger partial charge < -0.3 is 0 Å². The number of carbonyl (C=O) groups excluding carboxylic acids is 2. The van der Waals surface area contributed by atoms with Crippen molar-refractivity contribution in [2.75, 3.05) is 11.4 Å². The first-order chi connectivity index (χ1) is 11.1. The lowest BCUT2D eigenvalue weighted by atomic mass is 10.0. The van der Waals surface area contributed by atoms with Gasteiger partial charge in [0.2, 0.25) is 0 Å². The number of hydrogen-bond acceptors (Lipinski definition) is 4. The number of hydrogen-bond donors (Lipinski definition) is 2. The van der Waals surface area contributed by atoms with E-state index in [-0.39, 0.29) is 6.54 Å². The van der Waals surface area contributed by atoms with Gasteiger partial charge in [0.25, 0.3) is 5.91 Å². The van der Waals surface area contributed by atoms with Crippen LogP contribution in [0.25, 0.3) is 0 Å². The molecule has 7 heteroatoms. The van der Waals surface area contributed by atoms with Crippen molar-refractivity contribution in [1.82, 2.24) is 5.43 Å². The van der Waals surface area contributed by atoms with E-state index in [1.165, 1.54) is 0 Å². The lowest BCUT2D eigenvalue weighted by Crippen LogP contribution is -2.47. The van der Waals surface area contributed by atoms with Crippen molar-refractivity contribution < 1.29 is 9.59 Å². The van der Waals surface area contributed by atoms with Crippen LogP contribution in [0.4, 0.5) is 10.5 Å². The first kappa shape index (κ1) is 15.4. The molecular formula is C16H13BrN4O2. The second kappa shape index (κ2) is 6.31. The summed E-state index contributed by atoms with van der Waals surface area (Å²) in [4.78, 5) is 29.8. The molecule has 0 unspecified atom stereocenters. The van der Waals surface area contributed by atoms with Gasteiger partial charge in [0, 0.05) is 15.6 Å². The van der Waals surface area contributed by atoms with Crippen LogP contribution >= 0.6 is 15.9 Å². The average molecular weight is 373 g/mol. The molecule has 3 rings (SSSR count). The van der Waals surface area contributed by atoms with Crippen LogP contribution < -0.4 is 16.2 Å². The third-order valence-electron chi connectivity index (χ3n) is 3.45. The van der Waals surface area contributed by atoms with Gasteiger partial charge in [0.15, 0.2) is 0 Å². The highest BCUT2D eigenvalue weighted by Gasteiger charge is 2.29. The van der Waals surface area contributed by atoms with E-state index in [1.54, 1.807) is 12.1 Å². The summed E-state index contributed by atoms with van der Waals surface area (Å²) < 4.78 is 0.822. The summed E-state index contributed by atoms with van der Waals surface area (Å²) in [6.07, 6.45) is 0. The number of imide groups is 1. The number of hydrazine groups is 1. The quantitative estimate of drug-likeness (QED) is 0.457. The van der Waals surface area contributed by atoms with Crippen LogP contribution in [0, 0.1) is 0 Å². The maximum atomic E-state index is 12.3. The molecular weight excluding hydrogens is 360 g/mol. The van der Waals surface area contributed by atoms with Gasteiger partial charge in [-0.15, -0.1) is 0 Å². The van der Waals surface area contributed by atoms with E-state index in [9.17, 15) is 9.59 Å². The number of anilines is 1. The van der Waals surface area contributed by atoms with Crippen LogP contribution in [-0.2, 0) is 4.79 Å². The number of benzodiazepines with no additional fused rings is 1. The third kappa shape index (κ3) is 2.88. The molecule has 3 N–H and O–H groups in total. The third-order valence-corrected chi connectivity index (χ3v) is 3.94. The topological polar surface area (TPSA) is 87.8 Å². The molecule has 3 amide bonds. The van der Waals surface area contributed by atoms with Gasteiger partial charge in [0.1, 0.15) is 6.54 Å². The van der Waals surface area contributed by atoms with Gasteiger partial charge in [0.05, 0.1) is 11.4 Å². The fraction of sp³-hybridized carbons (Fsp3) is 0.0625. The highest BCUT2D eigenvalue weighted by molar-refractivity contribution is 9.10. The van der Waals surface area contributed by atoms with Crippen molar-refractivity contribution >= 4 is 39.3 Å². The zero-order valence-corrected chi connectivity index (χ0v) is 13.6. The van der Waals surface area contributed by atoms with E-state index in [2.05, 4.69) is 20.9 Å². The zero-order chi connectivity index (χ0) is 16.4. The van der Waals surface area contributed by atoms with E-state index < -0.39 is 11.9 Å². The standard InChI is InChI=1S/C16H13BrN4O2/c17-11-6-7-13-12(8-11)15(10-4-2-1-3-5-10)19-9-14(22)21(13)16(23)20-18/h1-8H,9,18H2,(H,20,23). The maximum absolute atomic E-state index is 12.3. The molecule has 0 saturated heterocycles. The summed E-state index contributed by atoms with van der Waals surface area (Å²) >= 11 is 3.42. The fourth-order valence-electron chi connectivity index (χ4n) is 2.46. The summed E-state index contributed by atoms with van der Waals surface area (Å²) in [6.45, 7) is -0.135. The predicted octanol–water partition coefficient (Wildman–Crippen LogP) is 2.22. The molecule has 0 saturated carbocycles. The molecule has 2 aromatic rings. The molecule has 2 aromatic carbocycles. The maximum Gasteiger partial charge on any atom is 0.342 e. The van der Waals surface area contributed by atoms with Crippen LogP contribution in [0.3, 0.4) is 0 Å². The Hall–Kier alpha value is -2.51. The van der Waals surface area contributed by atoms with Crippen molar-refractivity contribution in [2.24, 2.45) is 10.8 Å². The summed E-state index contributed by atoms with van der Waals surface area (Å²) in [6, 6.07) is 14.1. The van der Waals surface area contributed by atoms with Crippen LogP contribution in [0.2, 0.25) is 0 Å². The number of nitrogens with one attached hydrogen (secondary N) is 1. The molecule has 0 aliphatic carbocycles. The summed E-state index contributed by atoms with van der Waals surface area (Å²) in [5.74, 6) is 4.77. The van der Waals surface area contributed by atoms with E-state index in [0.717, 1.165) is 14.9 Å². The van der Waals surface area contributed by atoms with E-state index in [0.29, 0.717) is 17.0 Å². The van der Waals surface area contributed by atoms with Crippen LogP contribution in [0.5, 0.6) is 0 Å². The second-order valence-electron chi connectivity index (χ2n) is 4.87. The van der Waals surface area contributed by atoms with Gasteiger partial charge in [-0.3, -0.25) is 15.2 Å². The van der Waals surface area contributed by atoms with Gasteiger partial charge in [-0.2, -0.15) is 0 Å². The largest absolute Gasteiger partial charge is 0.342 e. The first-order valence-electron chi connectivity index (χ1n) is 6.85. The second-order valence-corrected chi connectivity index (χ2v) is 5.79. The molecule has 1 aliphatic heterocycles. The van der Waals surface area contributed by atoms with Crippen LogP contribution in [0.15, 0.2) is 58.0 Å². The minimum absolute atomic E-state index is 0.135. The number of nitrogens with two attached hydrogens (primary N) is 1. The van der Waals surface area contributed by atoms with Gasteiger partial charge in [-0.05, 0) is 18.2 Å². The summed E-state index contributed by atoms with van der Waals surface area (Å²) in [5, 5.41) is 0. The van der Waals surface area contributed by atoms with Crippen molar-refractivity contribution in [3.63, 3.8) is 0 Å². The van der Waals surface area contributed by atoms with E-state index in [1.807, 2.05) is 41.8 Å². The van der Waals surface area contributed by atoms with Crippen molar-refractivity contribution in [1.29, 1.82) is 0 Å². The number of fused-ring (bicyclic) bond motifs is 1. The Morgan fingerprint density at radius 3 is 2.65 bits per heavy atom. The molecule has 1 aliphatic rings. The van der Waals surface area contributed by atoms with Crippen molar-refractivity contribution in [3.05, 3.63) is 64.1 Å². The van der Waals surface area contributed by atoms with Gasteiger partial charge in [-0.1, -0.05) is 46.3 Å². The smallest absolute Gasteiger partial charge is 0.275 e. The number of aliphatic imine (C=N–C) groups is 1. The molecule has 116 valence electrons. The van der Waals surface area contributed by atoms with E-state index >= 15 is 0 Å². The normalized spacial score (nSPS) is 13.9. The highest BCUT2D eigenvalue weighted by atomic mass is 79.9. The lowest BCUT2D eigenvalue weighted by molar-refractivity contribution is -0.116. The number of benzene rings is 2. The SMILES string of the molecule is NNC(=O)N1C(=O)CN=C(c2ccccc2)c2cc(Br)ccc21. The molecule has 0 aromatic heterocycles. The number of halogens is 1.